The molecule has 0 aliphatic rings. The van der Waals surface area contributed by atoms with E-state index in [1.54, 1.807) is 0 Å². The fourth-order valence-electron chi connectivity index (χ4n) is 0.836. The van der Waals surface area contributed by atoms with Gasteiger partial charge < -0.3 is 5.11 Å². The molecule has 0 amide bonds. The molecule has 0 aromatic carbocycles. The van der Waals surface area contributed by atoms with Crippen LogP contribution in [-0.2, 0) is 0 Å². The number of hydrogen-bond donors (Lipinski definition) is 1. The first-order chi connectivity index (χ1) is 5.54. The minimum Gasteiger partial charge on any atom is -0.396 e. The normalized spacial score (nSPS) is 10.0. The summed E-state index contributed by atoms with van der Waals surface area (Å²) in [5.74, 6) is 1.55. The van der Waals surface area contributed by atoms with E-state index in [0.29, 0.717) is 12.5 Å². The Hall–Kier alpha value is -0.0400. The molecule has 1 nitrogen and oxygen atoms in total. The van der Waals surface area contributed by atoms with Crippen molar-refractivity contribution in [2.24, 2.45) is 11.8 Å². The molecular weight excluding hydrogens is 148 g/mol. The minimum atomic E-state index is 0.331. The number of aliphatic hydroxyl groups excluding tert-OH is 1. The zero-order chi connectivity index (χ0) is 9.98. The highest BCUT2D eigenvalue weighted by atomic mass is 16.2. The Balaban J connectivity index is 0. The van der Waals surface area contributed by atoms with Gasteiger partial charge in [-0.1, -0.05) is 47.5 Å². The van der Waals surface area contributed by atoms with Gasteiger partial charge in [-0.15, -0.1) is 0 Å². The van der Waals surface area contributed by atoms with Gasteiger partial charge in [-0.3, -0.25) is 0 Å². The number of hydrogen-bond acceptors (Lipinski definition) is 1. The van der Waals surface area contributed by atoms with Gasteiger partial charge in [0.25, 0.3) is 0 Å². The maximum atomic E-state index is 8.24. The first-order valence-corrected chi connectivity index (χ1v) is 5.15. The van der Waals surface area contributed by atoms with Crippen molar-refractivity contribution in [2.45, 2.75) is 53.9 Å². The molecule has 0 aliphatic carbocycles. The Kier molecular flexibility index (Phi) is 13.2. The van der Waals surface area contributed by atoms with Gasteiger partial charge in [0.2, 0.25) is 0 Å². The van der Waals surface area contributed by atoms with E-state index in [0.717, 1.165) is 12.3 Å². The van der Waals surface area contributed by atoms with Gasteiger partial charge in [-0.2, -0.15) is 0 Å². The summed E-state index contributed by atoms with van der Waals surface area (Å²) in [4.78, 5) is 0. The molecule has 0 rings (SSSR count). The van der Waals surface area contributed by atoms with Crippen molar-refractivity contribution in [1.29, 1.82) is 0 Å². The van der Waals surface area contributed by atoms with Crippen LogP contribution in [0.25, 0.3) is 0 Å². The van der Waals surface area contributed by atoms with Crippen LogP contribution >= 0.6 is 0 Å². The molecule has 0 spiro atoms. The summed E-state index contributed by atoms with van der Waals surface area (Å²) in [6.45, 7) is 11.2. The van der Waals surface area contributed by atoms with Crippen molar-refractivity contribution < 1.29 is 5.11 Å². The summed E-state index contributed by atoms with van der Waals surface area (Å²) in [6.07, 6.45) is 3.64. The molecular formula is C11H26O. The van der Waals surface area contributed by atoms with Crippen molar-refractivity contribution in [3.8, 4) is 0 Å². The second kappa shape index (κ2) is 11.0. The van der Waals surface area contributed by atoms with Crippen LogP contribution in [0.2, 0.25) is 0 Å². The van der Waals surface area contributed by atoms with Gasteiger partial charge in [-0.25, -0.2) is 0 Å². The van der Waals surface area contributed by atoms with Crippen LogP contribution in [0, 0.1) is 11.8 Å². The van der Waals surface area contributed by atoms with Gasteiger partial charge in [0.1, 0.15) is 0 Å². The maximum absolute atomic E-state index is 8.24. The molecule has 76 valence electrons. The van der Waals surface area contributed by atoms with Crippen molar-refractivity contribution in [3.63, 3.8) is 0 Å². The van der Waals surface area contributed by atoms with Crippen LogP contribution in [0.15, 0.2) is 0 Å². The molecule has 0 bridgehead atoms. The Labute approximate surface area is 78.2 Å². The smallest absolute Gasteiger partial charge is 0.0433 e. The Morgan fingerprint density at radius 3 is 1.33 bits per heavy atom. The Morgan fingerprint density at radius 1 is 0.917 bits per heavy atom. The van der Waals surface area contributed by atoms with Crippen molar-refractivity contribution in [2.75, 3.05) is 6.61 Å². The van der Waals surface area contributed by atoms with Gasteiger partial charge in [-0.05, 0) is 18.3 Å². The quantitative estimate of drug-likeness (QED) is 0.692. The maximum Gasteiger partial charge on any atom is 0.0433 e. The molecule has 0 saturated carbocycles. The van der Waals surface area contributed by atoms with Crippen LogP contribution in [-0.4, -0.2) is 11.7 Å². The molecule has 12 heavy (non-hydrogen) atoms. The average molecular weight is 174 g/mol. The van der Waals surface area contributed by atoms with Crippen LogP contribution in [0.5, 0.6) is 0 Å². The highest BCUT2D eigenvalue weighted by Gasteiger charge is 1.86. The van der Waals surface area contributed by atoms with Crippen LogP contribution in [0.3, 0.4) is 0 Å². The van der Waals surface area contributed by atoms with E-state index in [4.69, 9.17) is 5.11 Å². The fourth-order valence-corrected chi connectivity index (χ4v) is 0.836. The molecule has 0 unspecified atom stereocenters. The minimum absolute atomic E-state index is 0.331. The third-order valence-corrected chi connectivity index (χ3v) is 1.57. The molecule has 0 heterocycles. The van der Waals surface area contributed by atoms with Crippen molar-refractivity contribution in [3.05, 3.63) is 0 Å². The molecule has 1 N–H and O–H groups in total. The largest absolute Gasteiger partial charge is 0.396 e. The second-order valence-electron chi connectivity index (χ2n) is 4.09. The van der Waals surface area contributed by atoms with Crippen molar-refractivity contribution in [1.82, 2.24) is 0 Å². The fraction of sp³-hybridized carbons (Fsp3) is 1.00. The summed E-state index contributed by atoms with van der Waals surface area (Å²) in [6, 6.07) is 0. The highest BCUT2D eigenvalue weighted by Crippen LogP contribution is 2.00. The lowest BCUT2D eigenvalue weighted by Gasteiger charge is -1.95. The Morgan fingerprint density at radius 2 is 1.33 bits per heavy atom. The molecule has 0 fully saturated rings. The van der Waals surface area contributed by atoms with Crippen LogP contribution in [0.1, 0.15) is 53.9 Å². The van der Waals surface area contributed by atoms with E-state index >= 15 is 0 Å². The third kappa shape index (κ3) is 22.5. The first kappa shape index (κ1) is 14.5. The molecule has 0 aromatic rings. The second-order valence-corrected chi connectivity index (χ2v) is 4.09. The predicted molar refractivity (Wildman–Crippen MR) is 56.3 cm³/mol. The summed E-state index contributed by atoms with van der Waals surface area (Å²) in [5, 5.41) is 8.24. The third-order valence-electron chi connectivity index (χ3n) is 1.57. The van der Waals surface area contributed by atoms with E-state index in [9.17, 15) is 0 Å². The SMILES string of the molecule is CC(C)CCO.CCCC(C)C. The van der Waals surface area contributed by atoms with Crippen molar-refractivity contribution >= 4 is 0 Å². The zero-order valence-corrected chi connectivity index (χ0v) is 9.43. The lowest BCUT2D eigenvalue weighted by Crippen LogP contribution is -1.89. The first-order valence-electron chi connectivity index (χ1n) is 5.15. The van der Waals surface area contributed by atoms with Crippen LogP contribution < -0.4 is 0 Å². The van der Waals surface area contributed by atoms with Gasteiger partial charge in [0, 0.05) is 6.61 Å². The van der Waals surface area contributed by atoms with E-state index < -0.39 is 0 Å². The zero-order valence-electron chi connectivity index (χ0n) is 9.43. The van der Waals surface area contributed by atoms with Crippen LogP contribution in [0.4, 0.5) is 0 Å². The summed E-state index contributed by atoms with van der Waals surface area (Å²) in [5.41, 5.74) is 0. The standard InChI is InChI=1S/C6H14.C5H12O/c1-4-5-6(2)3;1-5(2)3-4-6/h6H,4-5H2,1-3H3;5-6H,3-4H2,1-2H3. The lowest BCUT2D eigenvalue weighted by molar-refractivity contribution is 0.268. The molecule has 1 heteroatoms. The molecule has 0 radical (unpaired) electrons. The van der Waals surface area contributed by atoms with Gasteiger partial charge >= 0.3 is 0 Å². The lowest BCUT2D eigenvalue weighted by atomic mass is 10.1. The molecule has 0 atom stereocenters. The summed E-state index contributed by atoms with van der Waals surface area (Å²) in [7, 11) is 0. The number of rotatable bonds is 4. The average Bonchev–Trinajstić information content (AvgIpc) is 1.87. The topological polar surface area (TPSA) is 20.2 Å². The molecule has 0 aliphatic heterocycles. The monoisotopic (exact) mass is 174 g/mol. The number of aliphatic hydroxyl groups is 1. The molecule has 0 saturated heterocycles. The van der Waals surface area contributed by atoms with E-state index in [1.165, 1.54) is 12.8 Å². The van der Waals surface area contributed by atoms with E-state index in [2.05, 4.69) is 34.6 Å². The van der Waals surface area contributed by atoms with E-state index in [-0.39, 0.29) is 0 Å². The predicted octanol–water partition coefficient (Wildman–Crippen LogP) is 3.47. The van der Waals surface area contributed by atoms with E-state index in [1.807, 2.05) is 0 Å². The Bertz CT molecular complexity index is 57.4. The summed E-state index contributed by atoms with van der Waals surface area (Å²) < 4.78 is 0. The van der Waals surface area contributed by atoms with Gasteiger partial charge in [0.05, 0.1) is 0 Å². The molecule has 0 aromatic heterocycles. The van der Waals surface area contributed by atoms with Gasteiger partial charge in [0.15, 0.2) is 0 Å². The highest BCUT2D eigenvalue weighted by molar-refractivity contribution is 4.39. The summed E-state index contributed by atoms with van der Waals surface area (Å²) >= 11 is 0.